The maximum Gasteiger partial charge on any atom is 0.320 e. The van der Waals surface area contributed by atoms with Crippen LogP contribution in [0.5, 0.6) is 0 Å². The summed E-state index contributed by atoms with van der Waals surface area (Å²) in [4.78, 5) is 12.1. The summed E-state index contributed by atoms with van der Waals surface area (Å²) in [7, 11) is 6.00. The Morgan fingerprint density at radius 3 is 2.15 bits per heavy atom. The van der Waals surface area contributed by atoms with Gasteiger partial charge in [-0.15, -0.1) is 0 Å². The van der Waals surface area contributed by atoms with E-state index in [1.54, 1.807) is 11.8 Å². The molecular weight excluding hydrogens is 188 g/mol. The van der Waals surface area contributed by atoms with Gasteiger partial charge in [-0.1, -0.05) is 0 Å². The Bertz CT molecular complexity index is 129. The Morgan fingerprint density at radius 2 is 1.92 bits per heavy atom. The van der Waals surface area contributed by atoms with Crippen LogP contribution >= 0.6 is 11.8 Å². The Kier molecular flexibility index (Phi) is 11.5. The molecule has 0 saturated carbocycles. The van der Waals surface area contributed by atoms with E-state index in [0.717, 1.165) is 5.75 Å². The van der Waals surface area contributed by atoms with E-state index >= 15 is 0 Å². The minimum atomic E-state index is -0.913. The lowest BCUT2D eigenvalue weighted by atomic mass is 10.2. The molecule has 0 aliphatic heterocycles. The number of hydrogen-bond acceptors (Lipinski definition) is 4. The van der Waals surface area contributed by atoms with Gasteiger partial charge in [-0.25, -0.2) is 0 Å². The van der Waals surface area contributed by atoms with Gasteiger partial charge in [0.15, 0.2) is 0 Å². The molecule has 1 atom stereocenters. The molecule has 0 spiro atoms. The van der Waals surface area contributed by atoms with Crippen LogP contribution in [0.3, 0.4) is 0 Å². The SMILES string of the molecule is CN(C)C.CSCC[C@H](N)C(=O)O. The van der Waals surface area contributed by atoms with Crippen LogP contribution < -0.4 is 5.73 Å². The summed E-state index contributed by atoms with van der Waals surface area (Å²) >= 11 is 1.60. The number of carboxylic acids is 1. The molecule has 3 N–H and O–H groups in total. The van der Waals surface area contributed by atoms with Gasteiger partial charge in [-0.05, 0) is 39.6 Å². The van der Waals surface area contributed by atoms with Crippen LogP contribution in [0.15, 0.2) is 0 Å². The first-order valence-electron chi connectivity index (χ1n) is 4.00. The van der Waals surface area contributed by atoms with E-state index in [2.05, 4.69) is 0 Å². The van der Waals surface area contributed by atoms with Crippen molar-refractivity contribution in [2.75, 3.05) is 33.2 Å². The monoisotopic (exact) mass is 208 g/mol. The third-order valence-electron chi connectivity index (χ3n) is 0.950. The number of thioether (sulfide) groups is 1. The van der Waals surface area contributed by atoms with Crippen LogP contribution in [0, 0.1) is 0 Å². The van der Waals surface area contributed by atoms with Crippen molar-refractivity contribution in [3.8, 4) is 0 Å². The van der Waals surface area contributed by atoms with Gasteiger partial charge in [0.1, 0.15) is 6.04 Å². The number of hydrogen-bond donors (Lipinski definition) is 2. The van der Waals surface area contributed by atoms with Gasteiger partial charge >= 0.3 is 5.97 Å². The van der Waals surface area contributed by atoms with Crippen LogP contribution in [0.25, 0.3) is 0 Å². The summed E-state index contributed by atoms with van der Waals surface area (Å²) in [6, 6.07) is -0.683. The maximum atomic E-state index is 10.1. The normalized spacial score (nSPS) is 11.8. The first-order chi connectivity index (χ1) is 5.91. The molecule has 0 aromatic rings. The number of carboxylic acid groups (broad SMARTS) is 1. The zero-order valence-electron chi connectivity index (χ0n) is 8.78. The second-order valence-electron chi connectivity index (χ2n) is 3.07. The van der Waals surface area contributed by atoms with Gasteiger partial charge in [-0.3, -0.25) is 4.79 Å². The molecule has 4 nitrogen and oxygen atoms in total. The molecule has 0 rings (SSSR count). The zero-order valence-corrected chi connectivity index (χ0v) is 9.60. The fourth-order valence-corrected chi connectivity index (χ4v) is 0.858. The Morgan fingerprint density at radius 1 is 1.54 bits per heavy atom. The van der Waals surface area contributed by atoms with Crippen molar-refractivity contribution < 1.29 is 9.90 Å². The van der Waals surface area contributed by atoms with Crippen molar-refractivity contribution in [2.24, 2.45) is 5.73 Å². The molecule has 0 fully saturated rings. The largest absolute Gasteiger partial charge is 0.480 e. The first-order valence-corrected chi connectivity index (χ1v) is 5.39. The van der Waals surface area contributed by atoms with Crippen molar-refractivity contribution in [3.63, 3.8) is 0 Å². The number of aliphatic carboxylic acids is 1. The first kappa shape index (κ1) is 15.2. The van der Waals surface area contributed by atoms with E-state index in [1.165, 1.54) is 0 Å². The number of nitrogens with two attached hydrogens (primary N) is 1. The highest BCUT2D eigenvalue weighted by atomic mass is 32.2. The molecule has 0 aliphatic carbocycles. The summed E-state index contributed by atoms with van der Waals surface area (Å²) in [5.74, 6) is -0.1000. The molecule has 0 aliphatic rings. The van der Waals surface area contributed by atoms with Crippen LogP contribution in [0.4, 0.5) is 0 Å². The van der Waals surface area contributed by atoms with Gasteiger partial charge in [0.2, 0.25) is 0 Å². The second kappa shape index (κ2) is 9.83. The topological polar surface area (TPSA) is 66.6 Å². The van der Waals surface area contributed by atoms with Gasteiger partial charge < -0.3 is 15.7 Å². The highest BCUT2D eigenvalue weighted by Gasteiger charge is 2.08. The van der Waals surface area contributed by atoms with E-state index in [-0.39, 0.29) is 0 Å². The lowest BCUT2D eigenvalue weighted by Crippen LogP contribution is -2.30. The molecule has 0 unspecified atom stereocenters. The summed E-state index contributed by atoms with van der Waals surface area (Å²) in [5.41, 5.74) is 5.19. The van der Waals surface area contributed by atoms with E-state index in [0.29, 0.717) is 6.42 Å². The number of carbonyl (C=O) groups is 1. The highest BCUT2D eigenvalue weighted by molar-refractivity contribution is 7.98. The molecule has 13 heavy (non-hydrogen) atoms. The van der Waals surface area contributed by atoms with Crippen molar-refractivity contribution in [3.05, 3.63) is 0 Å². The molecule has 0 heterocycles. The van der Waals surface area contributed by atoms with Gasteiger partial charge in [0.05, 0.1) is 0 Å². The van der Waals surface area contributed by atoms with Crippen molar-refractivity contribution in [1.29, 1.82) is 0 Å². The van der Waals surface area contributed by atoms with Gasteiger partial charge in [-0.2, -0.15) is 11.8 Å². The number of rotatable bonds is 4. The Balaban J connectivity index is 0. The zero-order chi connectivity index (χ0) is 10.9. The molecule has 0 aromatic carbocycles. The molecule has 0 saturated heterocycles. The predicted octanol–water partition coefficient (Wildman–Crippen LogP) is 0.329. The Labute approximate surface area is 84.5 Å². The number of nitrogens with zero attached hydrogens (tertiary/aromatic N) is 1. The lowest BCUT2D eigenvalue weighted by Gasteiger charge is -2.02. The fourth-order valence-electron chi connectivity index (χ4n) is 0.368. The Hall–Kier alpha value is -0.260. The molecule has 5 heteroatoms. The average molecular weight is 208 g/mol. The maximum absolute atomic E-state index is 10.1. The fraction of sp³-hybridized carbons (Fsp3) is 0.875. The van der Waals surface area contributed by atoms with Crippen LogP contribution in [0.2, 0.25) is 0 Å². The summed E-state index contributed by atoms with van der Waals surface area (Å²) in [6.45, 7) is 0. The molecule has 0 radical (unpaired) electrons. The van der Waals surface area contributed by atoms with Crippen LogP contribution in [-0.4, -0.2) is 55.2 Å². The molecule has 80 valence electrons. The highest BCUT2D eigenvalue weighted by Crippen LogP contribution is 1.97. The van der Waals surface area contributed by atoms with E-state index in [4.69, 9.17) is 10.8 Å². The van der Waals surface area contributed by atoms with E-state index in [1.807, 2.05) is 32.3 Å². The average Bonchev–Trinajstić information content (AvgIpc) is 1.98. The molecular formula is C8H20N2O2S. The minimum absolute atomic E-state index is 0.552. The van der Waals surface area contributed by atoms with E-state index < -0.39 is 12.0 Å². The van der Waals surface area contributed by atoms with Gasteiger partial charge in [0.25, 0.3) is 0 Å². The van der Waals surface area contributed by atoms with Crippen molar-refractivity contribution in [1.82, 2.24) is 4.90 Å². The van der Waals surface area contributed by atoms with Crippen LogP contribution in [0.1, 0.15) is 6.42 Å². The third kappa shape index (κ3) is 18.6. The second-order valence-corrected chi connectivity index (χ2v) is 4.05. The van der Waals surface area contributed by atoms with Crippen molar-refractivity contribution in [2.45, 2.75) is 12.5 Å². The predicted molar refractivity (Wildman–Crippen MR) is 58.2 cm³/mol. The van der Waals surface area contributed by atoms with E-state index in [9.17, 15) is 4.79 Å². The van der Waals surface area contributed by atoms with Gasteiger partial charge in [0, 0.05) is 0 Å². The standard InChI is InChI=1S/C5H11NO2S.C3H9N/c1-9-3-2-4(6)5(7)8;1-4(2)3/h4H,2-3,6H2,1H3,(H,7,8);1-3H3/t4-;/m0./s1. The minimum Gasteiger partial charge on any atom is -0.480 e. The third-order valence-corrected chi connectivity index (χ3v) is 1.59. The molecule has 0 amide bonds. The lowest BCUT2D eigenvalue weighted by molar-refractivity contribution is -0.138. The summed E-state index contributed by atoms with van der Waals surface area (Å²) in [6.07, 6.45) is 2.48. The van der Waals surface area contributed by atoms with Crippen molar-refractivity contribution >= 4 is 17.7 Å². The molecule has 0 bridgehead atoms. The van der Waals surface area contributed by atoms with Crippen LogP contribution in [-0.2, 0) is 4.79 Å². The summed E-state index contributed by atoms with van der Waals surface area (Å²) < 4.78 is 0. The quantitative estimate of drug-likeness (QED) is 0.697. The summed E-state index contributed by atoms with van der Waals surface area (Å²) in [5, 5.41) is 8.27. The molecule has 0 aromatic heterocycles. The smallest absolute Gasteiger partial charge is 0.320 e.